The smallest absolute Gasteiger partial charge is 0.121 e. The maximum absolute atomic E-state index is 11.8. The van der Waals surface area contributed by atoms with Crippen LogP contribution in [0.25, 0.3) is 0 Å². The van der Waals surface area contributed by atoms with Crippen molar-refractivity contribution < 1.29 is 20.1 Å². The third-order valence-electron chi connectivity index (χ3n) is 12.9. The Bertz CT molecular complexity index is 765. The largest absolute Gasteiger partial charge is 0.393 e. The summed E-state index contributed by atoms with van der Waals surface area (Å²) < 4.78 is 6.20. The molecule has 6 fully saturated rings. The third kappa shape index (κ3) is 3.29. The van der Waals surface area contributed by atoms with Gasteiger partial charge in [0.25, 0.3) is 0 Å². The number of aliphatic hydroxyl groups is 3. The average molecular weight is 461 g/mol. The van der Waals surface area contributed by atoms with E-state index >= 15 is 0 Å². The molecule has 0 aromatic rings. The molecule has 188 valence electrons. The van der Waals surface area contributed by atoms with Gasteiger partial charge in [-0.25, -0.2) is 0 Å². The summed E-state index contributed by atoms with van der Waals surface area (Å²) in [4.78, 5) is 0. The molecule has 0 unspecified atom stereocenters. The van der Waals surface area contributed by atoms with E-state index in [9.17, 15) is 15.3 Å². The first-order valence-corrected chi connectivity index (χ1v) is 14.3. The minimum absolute atomic E-state index is 0.122. The number of fused-ring (bicyclic) bond motifs is 5. The Kier molecular flexibility index (Phi) is 5.40. The molecular weight excluding hydrogens is 412 g/mol. The summed E-state index contributed by atoms with van der Waals surface area (Å²) in [6, 6.07) is 0. The molecule has 3 N–H and O–H groups in total. The van der Waals surface area contributed by atoms with Crippen LogP contribution in [0.4, 0.5) is 0 Å². The first-order chi connectivity index (χ1) is 15.6. The lowest BCUT2D eigenvalue weighted by Crippen LogP contribution is -2.60. The Hall–Kier alpha value is -0.160. The summed E-state index contributed by atoms with van der Waals surface area (Å²) in [5, 5.41) is 33.6. The molecule has 5 aliphatic carbocycles. The highest BCUT2D eigenvalue weighted by Gasteiger charge is 2.71. The van der Waals surface area contributed by atoms with Gasteiger partial charge >= 0.3 is 0 Å². The number of aliphatic hydroxyl groups excluding tert-OH is 3. The maximum atomic E-state index is 11.8. The molecule has 14 atom stereocenters. The SMILES string of the molecule is C[C@@H]1C[C@@H]1[C@H](C)C[C@@H](O)[C@@]1([C@H]2CC[C@H]3[C@@H]4CC[C@H]5C[C@H](O)CC[C@]5(C)[C@H]4C[C@@H](O)[C@]23C)CO1. The van der Waals surface area contributed by atoms with Crippen LogP contribution in [0.3, 0.4) is 0 Å². The summed E-state index contributed by atoms with van der Waals surface area (Å²) in [6.45, 7) is 10.2. The van der Waals surface area contributed by atoms with E-state index in [4.69, 9.17) is 4.74 Å². The van der Waals surface area contributed by atoms with Crippen molar-refractivity contribution in [1.82, 2.24) is 0 Å². The molecule has 6 rings (SSSR count). The molecule has 5 saturated carbocycles. The Labute approximate surface area is 200 Å². The highest BCUT2D eigenvalue weighted by atomic mass is 16.6. The van der Waals surface area contributed by atoms with E-state index in [1.165, 1.54) is 25.7 Å². The normalized spacial score (nSPS) is 59.2. The first kappa shape index (κ1) is 23.3. The molecule has 33 heavy (non-hydrogen) atoms. The zero-order valence-electron chi connectivity index (χ0n) is 21.4. The molecule has 6 aliphatic rings. The summed E-state index contributed by atoms with van der Waals surface area (Å²) in [5.41, 5.74) is -0.294. The molecular formula is C29H48O4. The fourth-order valence-electron chi connectivity index (χ4n) is 10.6. The Morgan fingerprint density at radius 3 is 2.36 bits per heavy atom. The Morgan fingerprint density at radius 2 is 1.70 bits per heavy atom. The van der Waals surface area contributed by atoms with E-state index in [1.54, 1.807) is 0 Å². The number of hydrogen-bond acceptors (Lipinski definition) is 4. The summed E-state index contributed by atoms with van der Waals surface area (Å²) in [7, 11) is 0. The Balaban J connectivity index is 1.23. The highest BCUT2D eigenvalue weighted by molar-refractivity contribution is 5.19. The van der Waals surface area contributed by atoms with Crippen LogP contribution in [-0.4, -0.2) is 45.8 Å². The monoisotopic (exact) mass is 460 g/mol. The van der Waals surface area contributed by atoms with Crippen molar-refractivity contribution in [1.29, 1.82) is 0 Å². The molecule has 0 aromatic heterocycles. The van der Waals surface area contributed by atoms with Gasteiger partial charge in [-0.15, -0.1) is 0 Å². The molecule has 0 aromatic carbocycles. The quantitative estimate of drug-likeness (QED) is 0.516. The van der Waals surface area contributed by atoms with Crippen LogP contribution in [0.1, 0.15) is 91.9 Å². The van der Waals surface area contributed by atoms with Crippen molar-refractivity contribution in [2.45, 2.75) is 116 Å². The molecule has 1 heterocycles. The van der Waals surface area contributed by atoms with Crippen LogP contribution < -0.4 is 0 Å². The molecule has 0 bridgehead atoms. The molecule has 0 amide bonds. The Morgan fingerprint density at radius 1 is 0.970 bits per heavy atom. The number of rotatable bonds is 5. The van der Waals surface area contributed by atoms with E-state index in [0.717, 1.165) is 50.4 Å². The van der Waals surface area contributed by atoms with Crippen molar-refractivity contribution in [3.8, 4) is 0 Å². The van der Waals surface area contributed by atoms with E-state index in [2.05, 4.69) is 27.7 Å². The molecule has 4 nitrogen and oxygen atoms in total. The summed E-state index contributed by atoms with van der Waals surface area (Å²) in [6.07, 6.45) is 9.98. The van der Waals surface area contributed by atoms with E-state index < -0.39 is 11.7 Å². The fourth-order valence-corrected chi connectivity index (χ4v) is 10.6. The third-order valence-corrected chi connectivity index (χ3v) is 12.9. The minimum atomic E-state index is -0.417. The van der Waals surface area contributed by atoms with Crippen LogP contribution in [0, 0.1) is 58.2 Å². The molecule has 4 heteroatoms. The zero-order valence-corrected chi connectivity index (χ0v) is 21.4. The fraction of sp³-hybridized carbons (Fsp3) is 1.00. The minimum Gasteiger partial charge on any atom is -0.393 e. The van der Waals surface area contributed by atoms with Crippen LogP contribution in [-0.2, 0) is 4.74 Å². The van der Waals surface area contributed by atoms with E-state index in [1.807, 2.05) is 0 Å². The maximum Gasteiger partial charge on any atom is 0.121 e. The second kappa shape index (κ2) is 7.67. The van der Waals surface area contributed by atoms with Gasteiger partial charge in [0, 0.05) is 11.3 Å². The van der Waals surface area contributed by atoms with E-state index in [-0.39, 0.29) is 29.0 Å². The standard InChI is InChI=1S/C29H48O4/c1-16-11-21(16)17(2)12-26(32)29(15-33-29)24-8-7-22-20-6-5-18-13-19(30)9-10-27(18,3)23(20)14-25(31)28(22,24)4/h16-26,30-32H,5-15H2,1-4H3/t16-,17-,18+,19-,20+,21+,22+,23+,24+,25-,26-,27+,28+,29+/m1/s1. The van der Waals surface area contributed by atoms with Crippen molar-refractivity contribution >= 4 is 0 Å². The van der Waals surface area contributed by atoms with Gasteiger partial charge in [-0.2, -0.15) is 0 Å². The molecule has 1 aliphatic heterocycles. The molecule has 0 spiro atoms. The predicted octanol–water partition coefficient (Wildman–Crippen LogP) is 4.79. The molecule has 1 saturated heterocycles. The van der Waals surface area contributed by atoms with Crippen molar-refractivity contribution in [3.05, 3.63) is 0 Å². The van der Waals surface area contributed by atoms with Crippen molar-refractivity contribution in [2.24, 2.45) is 58.2 Å². The zero-order chi connectivity index (χ0) is 23.3. The topological polar surface area (TPSA) is 73.2 Å². The van der Waals surface area contributed by atoms with Gasteiger partial charge in [-0.3, -0.25) is 0 Å². The van der Waals surface area contributed by atoms with Gasteiger partial charge in [0.1, 0.15) is 5.60 Å². The first-order valence-electron chi connectivity index (χ1n) is 14.3. The van der Waals surface area contributed by atoms with Gasteiger partial charge < -0.3 is 20.1 Å². The van der Waals surface area contributed by atoms with Gasteiger partial charge in [-0.05, 0) is 111 Å². The van der Waals surface area contributed by atoms with E-state index in [0.29, 0.717) is 36.2 Å². The van der Waals surface area contributed by atoms with Crippen LogP contribution in [0.15, 0.2) is 0 Å². The van der Waals surface area contributed by atoms with Gasteiger partial charge in [0.2, 0.25) is 0 Å². The van der Waals surface area contributed by atoms with Crippen molar-refractivity contribution in [2.75, 3.05) is 6.61 Å². The second-order valence-electron chi connectivity index (χ2n) is 14.2. The number of ether oxygens (including phenoxy) is 1. The lowest BCUT2D eigenvalue weighted by molar-refractivity contribution is -0.180. The lowest BCUT2D eigenvalue weighted by Gasteiger charge is -2.62. The highest BCUT2D eigenvalue weighted by Crippen LogP contribution is 2.70. The lowest BCUT2D eigenvalue weighted by atomic mass is 9.43. The van der Waals surface area contributed by atoms with Crippen LogP contribution in [0.2, 0.25) is 0 Å². The second-order valence-corrected chi connectivity index (χ2v) is 14.2. The number of epoxide rings is 1. The van der Waals surface area contributed by atoms with Crippen LogP contribution in [0.5, 0.6) is 0 Å². The number of hydrogen-bond donors (Lipinski definition) is 3. The average Bonchev–Trinajstić information content (AvgIpc) is 3.68. The van der Waals surface area contributed by atoms with Crippen LogP contribution >= 0.6 is 0 Å². The van der Waals surface area contributed by atoms with Gasteiger partial charge in [0.15, 0.2) is 0 Å². The summed E-state index contributed by atoms with van der Waals surface area (Å²) >= 11 is 0. The molecule has 0 radical (unpaired) electrons. The van der Waals surface area contributed by atoms with Gasteiger partial charge in [-0.1, -0.05) is 27.7 Å². The summed E-state index contributed by atoms with van der Waals surface area (Å²) in [5.74, 6) is 4.81. The van der Waals surface area contributed by atoms with Crippen molar-refractivity contribution in [3.63, 3.8) is 0 Å². The van der Waals surface area contributed by atoms with Gasteiger partial charge in [0.05, 0.1) is 24.9 Å². The predicted molar refractivity (Wildman–Crippen MR) is 128 cm³/mol.